The number of tetrazole rings is 1. The molecule has 0 saturated carbocycles. The van der Waals surface area contributed by atoms with Crippen LogP contribution in [-0.4, -0.2) is 42.7 Å². The highest BCUT2D eigenvalue weighted by atomic mass is 35.5. The Morgan fingerprint density at radius 1 is 1.05 bits per heavy atom. The van der Waals surface area contributed by atoms with E-state index in [1.165, 1.54) is 21.8 Å². The van der Waals surface area contributed by atoms with E-state index in [1.54, 1.807) is 36.4 Å². The molecule has 3 aromatic carbocycles. The molecule has 0 saturated heterocycles. The van der Waals surface area contributed by atoms with Crippen LogP contribution in [0.15, 0.2) is 72.8 Å². The molecule has 4 rings (SSSR count). The Morgan fingerprint density at radius 3 is 2.37 bits per heavy atom. The van der Waals surface area contributed by atoms with E-state index in [4.69, 9.17) is 11.6 Å². The average molecular weight is 533 g/mol. The molecule has 1 atom stereocenters. The molecule has 4 aromatic rings. The molecule has 0 unspecified atom stereocenters. The number of nitrogens with one attached hydrogen (secondary N) is 1. The number of anilines is 1. The maximum Gasteiger partial charge on any atom is 0.251 e. The molecule has 0 aliphatic heterocycles. The maximum atomic E-state index is 13.9. The van der Waals surface area contributed by atoms with Crippen LogP contribution in [0.25, 0.3) is 11.4 Å². The van der Waals surface area contributed by atoms with E-state index >= 15 is 0 Å². The SMILES string of the molecule is Cc1ccc([C@@H](C(=O)NC(C)(C)C)N(C(=O)Cn2nnc(-c3ccc(Cl)cc3)n2)c2cccc(O)c2)cc1. The second kappa shape index (κ2) is 11.0. The number of amides is 2. The number of carbonyl (C=O) groups is 2. The number of halogens is 1. The summed E-state index contributed by atoms with van der Waals surface area (Å²) in [5.74, 6) is -0.543. The summed E-state index contributed by atoms with van der Waals surface area (Å²) in [7, 11) is 0. The van der Waals surface area contributed by atoms with Crippen molar-refractivity contribution >= 4 is 29.1 Å². The molecule has 0 aliphatic rings. The second-order valence-electron chi connectivity index (χ2n) is 9.99. The molecule has 10 heteroatoms. The Labute approximate surface area is 226 Å². The third-order valence-electron chi connectivity index (χ3n) is 5.61. The lowest BCUT2D eigenvalue weighted by Crippen LogP contribution is -2.50. The summed E-state index contributed by atoms with van der Waals surface area (Å²) in [4.78, 5) is 30.1. The second-order valence-corrected chi connectivity index (χ2v) is 10.4. The van der Waals surface area contributed by atoms with Gasteiger partial charge in [-0.05, 0) is 74.9 Å². The summed E-state index contributed by atoms with van der Waals surface area (Å²) in [6.45, 7) is 7.27. The minimum Gasteiger partial charge on any atom is -0.508 e. The molecule has 38 heavy (non-hydrogen) atoms. The van der Waals surface area contributed by atoms with Gasteiger partial charge in [-0.25, -0.2) is 0 Å². The Kier molecular flexibility index (Phi) is 7.78. The van der Waals surface area contributed by atoms with Crippen molar-refractivity contribution in [1.82, 2.24) is 25.5 Å². The molecule has 1 heterocycles. The summed E-state index contributed by atoms with van der Waals surface area (Å²) in [6, 6.07) is 19.5. The average Bonchev–Trinajstić information content (AvgIpc) is 3.30. The summed E-state index contributed by atoms with van der Waals surface area (Å²) in [6.07, 6.45) is 0. The third-order valence-corrected chi connectivity index (χ3v) is 5.86. The molecule has 2 amide bonds. The number of phenols is 1. The Balaban J connectivity index is 1.74. The zero-order valence-corrected chi connectivity index (χ0v) is 22.3. The lowest BCUT2D eigenvalue weighted by atomic mass is 9.99. The normalized spacial score (nSPS) is 12.1. The van der Waals surface area contributed by atoms with E-state index in [0.717, 1.165) is 5.56 Å². The molecule has 0 spiro atoms. The number of hydrogen-bond acceptors (Lipinski definition) is 6. The monoisotopic (exact) mass is 532 g/mol. The number of aryl methyl sites for hydroxylation is 1. The van der Waals surface area contributed by atoms with Crippen LogP contribution in [0.4, 0.5) is 5.69 Å². The lowest BCUT2D eigenvalue weighted by molar-refractivity contribution is -0.128. The van der Waals surface area contributed by atoms with Gasteiger partial charge in [-0.1, -0.05) is 47.5 Å². The molecule has 0 radical (unpaired) electrons. The fourth-order valence-electron chi connectivity index (χ4n) is 3.91. The lowest BCUT2D eigenvalue weighted by Gasteiger charge is -2.33. The Morgan fingerprint density at radius 2 is 1.74 bits per heavy atom. The molecule has 0 aliphatic carbocycles. The maximum absolute atomic E-state index is 13.9. The zero-order chi connectivity index (χ0) is 27.4. The summed E-state index contributed by atoms with van der Waals surface area (Å²) >= 11 is 5.97. The summed E-state index contributed by atoms with van der Waals surface area (Å²) in [5.41, 5.74) is 2.12. The van der Waals surface area contributed by atoms with Crippen molar-refractivity contribution in [1.29, 1.82) is 0 Å². The quantitative estimate of drug-likeness (QED) is 0.357. The van der Waals surface area contributed by atoms with E-state index in [9.17, 15) is 14.7 Å². The van der Waals surface area contributed by atoms with Gasteiger partial charge in [0, 0.05) is 27.9 Å². The van der Waals surface area contributed by atoms with Gasteiger partial charge in [-0.15, -0.1) is 10.2 Å². The molecular weight excluding hydrogens is 504 g/mol. The number of aromatic nitrogens is 4. The minimum absolute atomic E-state index is 0.0388. The Bertz CT molecular complexity index is 1430. The summed E-state index contributed by atoms with van der Waals surface area (Å²) in [5, 5.41) is 26.2. The van der Waals surface area contributed by atoms with E-state index in [0.29, 0.717) is 27.7 Å². The van der Waals surface area contributed by atoms with Crippen LogP contribution in [-0.2, 0) is 16.1 Å². The van der Waals surface area contributed by atoms with Gasteiger partial charge < -0.3 is 10.4 Å². The highest BCUT2D eigenvalue weighted by Crippen LogP contribution is 2.31. The molecule has 9 nitrogen and oxygen atoms in total. The first-order valence-corrected chi connectivity index (χ1v) is 12.4. The van der Waals surface area contributed by atoms with Gasteiger partial charge in [0.1, 0.15) is 18.3 Å². The molecule has 1 aromatic heterocycles. The van der Waals surface area contributed by atoms with Crippen molar-refractivity contribution in [2.75, 3.05) is 4.90 Å². The van der Waals surface area contributed by atoms with Gasteiger partial charge in [0.15, 0.2) is 0 Å². The van der Waals surface area contributed by atoms with Crippen LogP contribution in [0.5, 0.6) is 5.75 Å². The van der Waals surface area contributed by atoms with Crippen LogP contribution < -0.4 is 10.2 Å². The molecule has 0 fully saturated rings. The molecule has 196 valence electrons. The van der Waals surface area contributed by atoms with Crippen molar-refractivity contribution in [2.24, 2.45) is 0 Å². The smallest absolute Gasteiger partial charge is 0.251 e. The first-order chi connectivity index (χ1) is 18.0. The van der Waals surface area contributed by atoms with Crippen LogP contribution in [0.3, 0.4) is 0 Å². The van der Waals surface area contributed by atoms with E-state index in [-0.39, 0.29) is 18.2 Å². The van der Waals surface area contributed by atoms with Gasteiger partial charge in [0.2, 0.25) is 11.7 Å². The van der Waals surface area contributed by atoms with Crippen LogP contribution in [0.1, 0.15) is 37.9 Å². The highest BCUT2D eigenvalue weighted by molar-refractivity contribution is 6.30. The van der Waals surface area contributed by atoms with Crippen molar-refractivity contribution in [2.45, 2.75) is 45.8 Å². The van der Waals surface area contributed by atoms with Crippen molar-refractivity contribution < 1.29 is 14.7 Å². The third kappa shape index (κ3) is 6.54. The summed E-state index contributed by atoms with van der Waals surface area (Å²) < 4.78 is 0. The number of carbonyl (C=O) groups excluding carboxylic acids is 2. The molecule has 2 N–H and O–H groups in total. The van der Waals surface area contributed by atoms with Crippen molar-refractivity contribution in [3.8, 4) is 17.1 Å². The first-order valence-electron chi connectivity index (χ1n) is 12.0. The first kappa shape index (κ1) is 26.8. The van der Waals surface area contributed by atoms with Gasteiger partial charge in [0.25, 0.3) is 5.91 Å². The number of nitrogens with zero attached hydrogens (tertiary/aromatic N) is 5. The number of rotatable bonds is 7. The van der Waals surface area contributed by atoms with Crippen LogP contribution >= 0.6 is 11.6 Å². The molecule has 0 bridgehead atoms. The van der Waals surface area contributed by atoms with E-state index in [2.05, 4.69) is 20.7 Å². The van der Waals surface area contributed by atoms with Gasteiger partial charge >= 0.3 is 0 Å². The Hall–Kier alpha value is -4.24. The standard InChI is InChI=1S/C28H29ClN6O3/c1-18-8-10-19(11-9-18)25(27(38)30-28(2,3)4)35(22-6-5-7-23(36)16-22)24(37)17-34-32-26(31-33-34)20-12-14-21(29)15-13-20/h5-16,25,36H,17H2,1-4H3,(H,30,38)/t25-/m0/s1. The largest absolute Gasteiger partial charge is 0.508 e. The zero-order valence-electron chi connectivity index (χ0n) is 21.6. The fourth-order valence-corrected chi connectivity index (χ4v) is 4.03. The van der Waals surface area contributed by atoms with E-state index < -0.39 is 17.5 Å². The predicted molar refractivity (Wildman–Crippen MR) is 146 cm³/mol. The van der Waals surface area contributed by atoms with Crippen molar-refractivity contribution in [3.05, 3.63) is 88.9 Å². The minimum atomic E-state index is -1.02. The van der Waals surface area contributed by atoms with Crippen LogP contribution in [0, 0.1) is 6.92 Å². The highest BCUT2D eigenvalue weighted by Gasteiger charge is 2.35. The number of hydrogen-bond donors (Lipinski definition) is 2. The number of benzene rings is 3. The predicted octanol–water partition coefficient (Wildman–Crippen LogP) is 4.70. The fraction of sp³-hybridized carbons (Fsp3) is 0.250. The van der Waals surface area contributed by atoms with E-state index in [1.807, 2.05) is 52.0 Å². The number of aromatic hydroxyl groups is 1. The van der Waals surface area contributed by atoms with Crippen LogP contribution in [0.2, 0.25) is 5.02 Å². The van der Waals surface area contributed by atoms with Gasteiger partial charge in [0.05, 0.1) is 0 Å². The van der Waals surface area contributed by atoms with Gasteiger partial charge in [-0.3, -0.25) is 14.5 Å². The van der Waals surface area contributed by atoms with Crippen molar-refractivity contribution in [3.63, 3.8) is 0 Å². The topological polar surface area (TPSA) is 113 Å². The molecular formula is C28H29ClN6O3. The number of phenolic OH excluding ortho intramolecular Hbond substituents is 1. The van der Waals surface area contributed by atoms with Gasteiger partial charge in [-0.2, -0.15) is 4.80 Å².